The number of furan rings is 1. The summed E-state index contributed by atoms with van der Waals surface area (Å²) >= 11 is 0. The molecule has 2 amide bonds. The molecule has 2 heterocycles. The number of fused-ring (bicyclic) bond motifs is 1. The van der Waals surface area contributed by atoms with Crippen LogP contribution in [0.3, 0.4) is 0 Å². The van der Waals surface area contributed by atoms with Gasteiger partial charge in [-0.25, -0.2) is 0 Å². The van der Waals surface area contributed by atoms with E-state index in [1.807, 2.05) is 24.3 Å². The summed E-state index contributed by atoms with van der Waals surface area (Å²) < 4.78 is 5.25. The van der Waals surface area contributed by atoms with E-state index in [-0.39, 0.29) is 36.2 Å². The fraction of sp³-hybridized carbons (Fsp3) is 0.478. The van der Waals surface area contributed by atoms with Gasteiger partial charge in [-0.1, -0.05) is 24.3 Å². The fourth-order valence-electron chi connectivity index (χ4n) is 4.37. The molecule has 0 radical (unpaired) electrons. The fourth-order valence-corrected chi connectivity index (χ4v) is 4.37. The molecule has 1 aromatic heterocycles. The van der Waals surface area contributed by atoms with Gasteiger partial charge in [0.15, 0.2) is 0 Å². The largest absolute Gasteiger partial charge is 0.467 e. The van der Waals surface area contributed by atoms with Crippen LogP contribution < -0.4 is 16.0 Å². The number of carbonyl (C=O) groups is 2. The molecule has 3 N–H and O–H groups in total. The van der Waals surface area contributed by atoms with E-state index in [1.165, 1.54) is 11.1 Å². The zero-order valence-electron chi connectivity index (χ0n) is 17.1. The minimum atomic E-state index is -0.159. The van der Waals surface area contributed by atoms with E-state index in [2.05, 4.69) is 28.1 Å². The van der Waals surface area contributed by atoms with Gasteiger partial charge < -0.3 is 20.4 Å². The lowest BCUT2D eigenvalue weighted by atomic mass is 9.81. The van der Waals surface area contributed by atoms with Crippen LogP contribution in [0.1, 0.15) is 42.6 Å². The Balaban J connectivity index is 0.00000256. The van der Waals surface area contributed by atoms with Crippen LogP contribution >= 0.6 is 12.4 Å². The zero-order chi connectivity index (χ0) is 20.1. The lowest BCUT2D eigenvalue weighted by Gasteiger charge is -2.29. The van der Waals surface area contributed by atoms with Crippen molar-refractivity contribution in [3.63, 3.8) is 0 Å². The number of hydrogen-bond acceptors (Lipinski definition) is 4. The second-order valence-corrected chi connectivity index (χ2v) is 8.17. The highest BCUT2D eigenvalue weighted by molar-refractivity contribution is 5.85. The average Bonchev–Trinajstić information content (AvgIpc) is 3.29. The Kier molecular flexibility index (Phi) is 7.94. The Hall–Kier alpha value is -2.31. The predicted molar refractivity (Wildman–Crippen MR) is 117 cm³/mol. The topological polar surface area (TPSA) is 83.4 Å². The van der Waals surface area contributed by atoms with Crippen LogP contribution in [-0.2, 0) is 29.1 Å². The van der Waals surface area contributed by atoms with E-state index < -0.39 is 0 Å². The van der Waals surface area contributed by atoms with E-state index in [4.69, 9.17) is 4.42 Å². The minimum absolute atomic E-state index is 0. The van der Waals surface area contributed by atoms with Crippen molar-refractivity contribution in [3.05, 3.63) is 59.5 Å². The number of amides is 2. The van der Waals surface area contributed by atoms with Gasteiger partial charge in [-0.05, 0) is 61.3 Å². The van der Waals surface area contributed by atoms with Crippen LogP contribution in [0.25, 0.3) is 0 Å². The highest BCUT2D eigenvalue weighted by Gasteiger charge is 2.28. The number of carbonyl (C=O) groups excluding carboxylic acids is 2. The molecule has 162 valence electrons. The summed E-state index contributed by atoms with van der Waals surface area (Å²) in [5.41, 5.74) is 2.53. The van der Waals surface area contributed by atoms with Crippen molar-refractivity contribution < 1.29 is 14.0 Å². The zero-order valence-corrected chi connectivity index (χ0v) is 17.9. The standard InChI is InChI=1S/C23H29N3O3.ClH/c27-22(26-15-20-6-3-11-29-20)17-9-7-16(8-10-17)13-25-23(28)21-12-18-4-1-2-5-19(18)14-24-21;/h1-6,11,16-17,21,24H,7-10,12-15H2,(H,25,28)(H,26,27);1H. The first-order valence-electron chi connectivity index (χ1n) is 10.6. The summed E-state index contributed by atoms with van der Waals surface area (Å²) in [5, 5.41) is 9.42. The highest BCUT2D eigenvalue weighted by atomic mass is 35.5. The SMILES string of the molecule is Cl.O=C(NCc1ccco1)C1CCC(CNC(=O)C2Cc3ccccc3CN2)CC1. The summed E-state index contributed by atoms with van der Waals surface area (Å²) in [6.45, 7) is 1.88. The first kappa shape index (κ1) is 22.4. The lowest BCUT2D eigenvalue weighted by molar-refractivity contribution is -0.127. The number of benzene rings is 1. The smallest absolute Gasteiger partial charge is 0.237 e. The van der Waals surface area contributed by atoms with Crippen LogP contribution in [0, 0.1) is 11.8 Å². The van der Waals surface area contributed by atoms with Gasteiger partial charge in [0.25, 0.3) is 0 Å². The molecule has 1 fully saturated rings. The Bertz CT molecular complexity index is 832. The second kappa shape index (κ2) is 10.6. The van der Waals surface area contributed by atoms with Crippen LogP contribution in [0.15, 0.2) is 47.1 Å². The number of hydrogen-bond donors (Lipinski definition) is 3. The molecule has 2 aliphatic rings. The van der Waals surface area contributed by atoms with Gasteiger partial charge in [0.2, 0.25) is 11.8 Å². The van der Waals surface area contributed by atoms with Crippen molar-refractivity contribution in [2.75, 3.05) is 6.54 Å². The highest BCUT2D eigenvalue weighted by Crippen LogP contribution is 2.28. The third-order valence-corrected chi connectivity index (χ3v) is 6.20. The molecule has 1 atom stereocenters. The maximum atomic E-state index is 12.6. The summed E-state index contributed by atoms with van der Waals surface area (Å²) in [5.74, 6) is 1.47. The minimum Gasteiger partial charge on any atom is -0.467 e. The molecule has 7 heteroatoms. The second-order valence-electron chi connectivity index (χ2n) is 8.17. The van der Waals surface area contributed by atoms with E-state index in [0.29, 0.717) is 19.0 Å². The van der Waals surface area contributed by atoms with Crippen molar-refractivity contribution in [2.24, 2.45) is 11.8 Å². The van der Waals surface area contributed by atoms with E-state index in [1.54, 1.807) is 6.26 Å². The van der Waals surface area contributed by atoms with Gasteiger partial charge in [-0.2, -0.15) is 0 Å². The molecule has 1 unspecified atom stereocenters. The Morgan fingerprint density at radius 3 is 2.47 bits per heavy atom. The van der Waals surface area contributed by atoms with Crippen LogP contribution in [0.4, 0.5) is 0 Å². The maximum absolute atomic E-state index is 12.6. The van der Waals surface area contributed by atoms with Gasteiger partial charge in [0, 0.05) is 19.0 Å². The molecule has 30 heavy (non-hydrogen) atoms. The van der Waals surface area contributed by atoms with Gasteiger partial charge in [0.05, 0.1) is 18.8 Å². The maximum Gasteiger partial charge on any atom is 0.237 e. The van der Waals surface area contributed by atoms with Crippen LogP contribution in [0.5, 0.6) is 0 Å². The third-order valence-electron chi connectivity index (χ3n) is 6.20. The summed E-state index contributed by atoms with van der Waals surface area (Å²) in [6, 6.07) is 11.8. The summed E-state index contributed by atoms with van der Waals surface area (Å²) in [4.78, 5) is 24.9. The van der Waals surface area contributed by atoms with Crippen molar-refractivity contribution in [2.45, 2.75) is 51.2 Å². The molecular formula is C23H30ClN3O3. The van der Waals surface area contributed by atoms with Crippen molar-refractivity contribution in [1.82, 2.24) is 16.0 Å². The normalized spacial score (nSPS) is 23.0. The van der Waals surface area contributed by atoms with Crippen LogP contribution in [-0.4, -0.2) is 24.4 Å². The third kappa shape index (κ3) is 5.64. The van der Waals surface area contributed by atoms with E-state index in [9.17, 15) is 9.59 Å². The molecule has 6 nitrogen and oxygen atoms in total. The Morgan fingerprint density at radius 1 is 0.967 bits per heavy atom. The van der Waals surface area contributed by atoms with Gasteiger partial charge in [-0.3, -0.25) is 9.59 Å². The predicted octanol–water partition coefficient (Wildman–Crippen LogP) is 2.95. The molecule has 2 aromatic rings. The Morgan fingerprint density at radius 2 is 1.73 bits per heavy atom. The number of halogens is 1. The first-order chi connectivity index (χ1) is 14.2. The monoisotopic (exact) mass is 431 g/mol. The Labute approximate surface area is 183 Å². The number of nitrogens with one attached hydrogen (secondary N) is 3. The first-order valence-corrected chi connectivity index (χ1v) is 10.6. The van der Waals surface area contributed by atoms with Crippen LogP contribution in [0.2, 0.25) is 0 Å². The molecule has 1 aliphatic heterocycles. The average molecular weight is 432 g/mol. The van der Waals surface area contributed by atoms with Gasteiger partial charge >= 0.3 is 0 Å². The van der Waals surface area contributed by atoms with Crippen molar-refractivity contribution >= 4 is 24.2 Å². The quantitative estimate of drug-likeness (QED) is 0.656. The molecule has 1 aliphatic carbocycles. The molecule has 0 bridgehead atoms. The van der Waals surface area contributed by atoms with E-state index in [0.717, 1.165) is 44.4 Å². The van der Waals surface area contributed by atoms with Crippen molar-refractivity contribution in [1.29, 1.82) is 0 Å². The molecule has 1 aromatic carbocycles. The van der Waals surface area contributed by atoms with Gasteiger partial charge in [0.1, 0.15) is 5.76 Å². The summed E-state index contributed by atoms with van der Waals surface area (Å²) in [6.07, 6.45) is 6.05. The van der Waals surface area contributed by atoms with Gasteiger partial charge in [-0.15, -0.1) is 12.4 Å². The molecule has 0 spiro atoms. The molecule has 4 rings (SSSR count). The summed E-state index contributed by atoms with van der Waals surface area (Å²) in [7, 11) is 0. The van der Waals surface area contributed by atoms with E-state index >= 15 is 0 Å². The molecule has 1 saturated carbocycles. The molecule has 0 saturated heterocycles. The molecular weight excluding hydrogens is 402 g/mol. The van der Waals surface area contributed by atoms with Crippen molar-refractivity contribution in [3.8, 4) is 0 Å². The number of rotatable bonds is 6. The lowest BCUT2D eigenvalue weighted by Crippen LogP contribution is -2.48.